The van der Waals surface area contributed by atoms with E-state index in [0.717, 1.165) is 5.56 Å². The van der Waals surface area contributed by atoms with Gasteiger partial charge in [0.15, 0.2) is 0 Å². The summed E-state index contributed by atoms with van der Waals surface area (Å²) in [5, 5.41) is 10.3. The van der Waals surface area contributed by atoms with E-state index in [1.54, 1.807) is 12.1 Å². The molecule has 1 aromatic heterocycles. The van der Waals surface area contributed by atoms with Crippen LogP contribution in [0.5, 0.6) is 5.75 Å². The van der Waals surface area contributed by atoms with Crippen molar-refractivity contribution < 1.29 is 13.5 Å². The number of hydrogen-bond donors (Lipinski definition) is 1. The molecular weight excluding hydrogens is 262 g/mol. The summed E-state index contributed by atoms with van der Waals surface area (Å²) in [4.78, 5) is 0. The van der Waals surface area contributed by atoms with Crippen LogP contribution in [-0.4, -0.2) is 27.7 Å². The first kappa shape index (κ1) is 12.4. The molecule has 94 valence electrons. The molecule has 8 heteroatoms. The fourth-order valence-electron chi connectivity index (χ4n) is 1.19. The van der Waals surface area contributed by atoms with Gasteiger partial charge in [0.25, 0.3) is 0 Å². The molecule has 0 amide bonds. The summed E-state index contributed by atoms with van der Waals surface area (Å²) in [6.07, 6.45) is 2.95. The van der Waals surface area contributed by atoms with Gasteiger partial charge in [-0.05, 0) is 42.0 Å². The molecule has 0 spiro atoms. The van der Waals surface area contributed by atoms with Crippen molar-refractivity contribution in [3.8, 4) is 5.75 Å². The number of H-pyrrole nitrogens is 1. The molecule has 0 radical (unpaired) electrons. The van der Waals surface area contributed by atoms with Crippen LogP contribution in [-0.2, 0) is 0 Å². The number of benzene rings is 1. The summed E-state index contributed by atoms with van der Waals surface area (Å²) in [5.41, 5.74) is 0.722. The average Bonchev–Trinajstić information content (AvgIpc) is 2.73. The van der Waals surface area contributed by atoms with E-state index in [1.165, 1.54) is 29.4 Å². The Morgan fingerprint density at radius 2 is 2.11 bits per heavy atom. The number of halogens is 2. The van der Waals surface area contributed by atoms with Crippen LogP contribution in [0.15, 0.2) is 35.7 Å². The topological polar surface area (TPSA) is 55.2 Å². The lowest BCUT2D eigenvalue weighted by atomic mass is 10.2. The van der Waals surface area contributed by atoms with Gasteiger partial charge in [-0.15, -0.1) is 0 Å². The number of nitrogens with one attached hydrogen (secondary N) is 1. The van der Waals surface area contributed by atoms with E-state index in [9.17, 15) is 8.78 Å². The second-order valence-electron chi connectivity index (χ2n) is 3.20. The molecule has 18 heavy (non-hydrogen) atoms. The molecule has 1 heterocycles. The third kappa shape index (κ3) is 3.20. The molecule has 0 saturated heterocycles. The number of alkyl halides is 2. The zero-order valence-corrected chi connectivity index (χ0v) is 9.77. The lowest BCUT2D eigenvalue weighted by molar-refractivity contribution is -0.0498. The second kappa shape index (κ2) is 5.50. The quantitative estimate of drug-likeness (QED) is 0.685. The summed E-state index contributed by atoms with van der Waals surface area (Å²) in [6, 6.07) is 6.07. The largest absolute Gasteiger partial charge is 0.435 e. The molecular formula is C10H8F2N4OS. The monoisotopic (exact) mass is 270 g/mol. The minimum atomic E-state index is -2.83. The lowest BCUT2D eigenvalue weighted by Gasteiger charge is -2.03. The Balaban J connectivity index is 2.09. The zero-order valence-electron chi connectivity index (χ0n) is 8.96. The summed E-state index contributed by atoms with van der Waals surface area (Å²) >= 11 is 4.90. The van der Waals surface area contributed by atoms with Crippen LogP contribution in [0.25, 0.3) is 0 Å². The number of aromatic nitrogens is 3. The Bertz CT molecular complexity index is 590. The fourth-order valence-corrected chi connectivity index (χ4v) is 1.34. The van der Waals surface area contributed by atoms with Gasteiger partial charge in [0, 0.05) is 0 Å². The van der Waals surface area contributed by atoms with Gasteiger partial charge in [-0.3, -0.25) is 5.10 Å². The summed E-state index contributed by atoms with van der Waals surface area (Å²) in [5.74, 6) is 0.0991. The molecule has 0 aliphatic rings. The number of aromatic amines is 1. The maximum absolute atomic E-state index is 11.9. The van der Waals surface area contributed by atoms with E-state index in [0.29, 0.717) is 4.77 Å². The van der Waals surface area contributed by atoms with Gasteiger partial charge < -0.3 is 4.74 Å². The van der Waals surface area contributed by atoms with Crippen LogP contribution in [0.1, 0.15) is 5.56 Å². The van der Waals surface area contributed by atoms with Crippen LogP contribution in [0.4, 0.5) is 8.78 Å². The molecule has 1 aromatic carbocycles. The SMILES string of the molecule is FC(F)Oc1ccc(/C=N\n2cn[nH]c2=S)cc1. The predicted octanol–water partition coefficient (Wildman–Crippen LogP) is 2.42. The van der Waals surface area contributed by atoms with Crippen LogP contribution in [0.2, 0.25) is 0 Å². The van der Waals surface area contributed by atoms with Gasteiger partial charge >= 0.3 is 6.61 Å². The lowest BCUT2D eigenvalue weighted by Crippen LogP contribution is -2.01. The van der Waals surface area contributed by atoms with E-state index < -0.39 is 6.61 Å². The Kier molecular flexibility index (Phi) is 3.78. The van der Waals surface area contributed by atoms with Crippen LogP contribution >= 0.6 is 12.2 Å². The molecule has 0 saturated carbocycles. The minimum absolute atomic E-state index is 0.0991. The highest BCUT2D eigenvalue weighted by atomic mass is 32.1. The number of ether oxygens (including phenoxy) is 1. The second-order valence-corrected chi connectivity index (χ2v) is 3.58. The number of rotatable bonds is 4. The van der Waals surface area contributed by atoms with E-state index in [4.69, 9.17) is 12.2 Å². The fraction of sp³-hybridized carbons (Fsp3) is 0.100. The van der Waals surface area contributed by atoms with Crippen molar-refractivity contribution in [2.75, 3.05) is 0 Å². The van der Waals surface area contributed by atoms with Crippen molar-refractivity contribution >= 4 is 18.4 Å². The van der Waals surface area contributed by atoms with Crippen LogP contribution in [0, 0.1) is 4.77 Å². The Morgan fingerprint density at radius 3 is 2.67 bits per heavy atom. The van der Waals surface area contributed by atoms with Crippen molar-refractivity contribution in [1.82, 2.24) is 14.9 Å². The first-order chi connectivity index (χ1) is 8.65. The van der Waals surface area contributed by atoms with Gasteiger partial charge in [0.05, 0.1) is 6.21 Å². The average molecular weight is 270 g/mol. The van der Waals surface area contributed by atoms with E-state index in [-0.39, 0.29) is 5.75 Å². The molecule has 5 nitrogen and oxygen atoms in total. The molecule has 0 fully saturated rings. The van der Waals surface area contributed by atoms with Gasteiger partial charge in [0.2, 0.25) is 4.77 Å². The molecule has 2 aromatic rings. The maximum atomic E-state index is 11.9. The Morgan fingerprint density at radius 1 is 1.39 bits per heavy atom. The molecule has 0 aliphatic carbocycles. The Labute approximate surface area is 106 Å². The van der Waals surface area contributed by atoms with Gasteiger partial charge in [0.1, 0.15) is 12.1 Å². The van der Waals surface area contributed by atoms with Crippen molar-refractivity contribution in [3.05, 3.63) is 40.9 Å². The van der Waals surface area contributed by atoms with Gasteiger partial charge in [-0.1, -0.05) is 0 Å². The number of hydrogen-bond acceptors (Lipinski definition) is 4. The van der Waals surface area contributed by atoms with Gasteiger partial charge in [-0.25, -0.2) is 0 Å². The summed E-state index contributed by atoms with van der Waals surface area (Å²) < 4.78 is 29.8. The molecule has 2 rings (SSSR count). The van der Waals surface area contributed by atoms with E-state index >= 15 is 0 Å². The van der Waals surface area contributed by atoms with Crippen molar-refractivity contribution in [2.24, 2.45) is 5.10 Å². The van der Waals surface area contributed by atoms with E-state index in [2.05, 4.69) is 20.0 Å². The highest BCUT2D eigenvalue weighted by Gasteiger charge is 2.02. The van der Waals surface area contributed by atoms with Crippen molar-refractivity contribution in [2.45, 2.75) is 6.61 Å². The third-order valence-corrected chi connectivity index (χ3v) is 2.25. The molecule has 0 aliphatic heterocycles. The summed E-state index contributed by atoms with van der Waals surface area (Å²) in [7, 11) is 0. The Hall–Kier alpha value is -2.09. The highest BCUT2D eigenvalue weighted by molar-refractivity contribution is 7.71. The van der Waals surface area contributed by atoms with Gasteiger partial charge in [-0.2, -0.15) is 23.7 Å². The molecule has 0 atom stereocenters. The third-order valence-electron chi connectivity index (χ3n) is 1.97. The molecule has 1 N–H and O–H groups in total. The highest BCUT2D eigenvalue weighted by Crippen LogP contribution is 2.13. The normalized spacial score (nSPS) is 11.3. The van der Waals surface area contributed by atoms with Crippen molar-refractivity contribution in [1.29, 1.82) is 0 Å². The summed E-state index contributed by atoms with van der Waals surface area (Å²) in [6.45, 7) is -2.83. The molecule has 0 bridgehead atoms. The standard InChI is InChI=1S/C10H8F2N4OS/c11-9(12)17-8-3-1-7(2-4-8)5-14-16-6-13-15-10(16)18/h1-6,9H,(H,15,18)/b14-5-. The smallest absolute Gasteiger partial charge is 0.387 e. The minimum Gasteiger partial charge on any atom is -0.435 e. The van der Waals surface area contributed by atoms with Crippen LogP contribution in [0.3, 0.4) is 0 Å². The predicted molar refractivity (Wildman–Crippen MR) is 63.5 cm³/mol. The van der Waals surface area contributed by atoms with Crippen molar-refractivity contribution in [3.63, 3.8) is 0 Å². The first-order valence-corrected chi connectivity index (χ1v) is 5.27. The number of nitrogens with zero attached hydrogens (tertiary/aromatic N) is 3. The first-order valence-electron chi connectivity index (χ1n) is 4.86. The zero-order chi connectivity index (χ0) is 13.0. The van der Waals surface area contributed by atoms with E-state index in [1.807, 2.05) is 0 Å². The molecule has 0 unspecified atom stereocenters. The maximum Gasteiger partial charge on any atom is 0.387 e. The van der Waals surface area contributed by atoms with Crippen LogP contribution < -0.4 is 4.74 Å².